The molecule has 2 saturated heterocycles. The van der Waals surface area contributed by atoms with Gasteiger partial charge in [-0.05, 0) is 42.2 Å². The van der Waals surface area contributed by atoms with E-state index in [0.717, 1.165) is 74.4 Å². The second-order valence-electron chi connectivity index (χ2n) is 7.95. The second-order valence-corrected chi connectivity index (χ2v) is 7.95. The molecule has 1 spiro atoms. The minimum atomic E-state index is -0.492. The van der Waals surface area contributed by atoms with Crippen LogP contribution in [-0.2, 0) is 16.1 Å². The van der Waals surface area contributed by atoms with Gasteiger partial charge in [0.05, 0.1) is 6.61 Å². The van der Waals surface area contributed by atoms with Gasteiger partial charge in [-0.25, -0.2) is 0 Å². The molecule has 0 bridgehead atoms. The van der Waals surface area contributed by atoms with Gasteiger partial charge in [-0.1, -0.05) is 6.07 Å². The summed E-state index contributed by atoms with van der Waals surface area (Å²) >= 11 is 0. The van der Waals surface area contributed by atoms with E-state index in [2.05, 4.69) is 16.0 Å². The lowest BCUT2D eigenvalue weighted by molar-refractivity contribution is -0.230. The molecule has 1 aromatic carbocycles. The fraction of sp³-hybridized carbons (Fsp3) is 0.500. The minimum absolute atomic E-state index is 0.0950. The van der Waals surface area contributed by atoms with E-state index in [1.165, 1.54) is 0 Å². The monoisotopic (exact) mass is 382 g/mol. The number of aromatic nitrogens is 1. The number of rotatable bonds is 2. The summed E-state index contributed by atoms with van der Waals surface area (Å²) in [7, 11) is 0. The third kappa shape index (κ3) is 3.48. The van der Waals surface area contributed by atoms with Crippen molar-refractivity contribution in [2.45, 2.75) is 44.1 Å². The molecule has 3 aliphatic heterocycles. The Balaban J connectivity index is 1.28. The normalized spacial score (nSPS) is 22.6. The Morgan fingerprint density at radius 1 is 1.04 bits per heavy atom. The lowest BCUT2D eigenvalue weighted by atomic mass is 9.97. The van der Waals surface area contributed by atoms with E-state index >= 15 is 0 Å². The van der Waals surface area contributed by atoms with Crippen molar-refractivity contribution in [2.24, 2.45) is 0 Å². The summed E-state index contributed by atoms with van der Waals surface area (Å²) < 4.78 is 18.1. The predicted octanol–water partition coefficient (Wildman–Crippen LogP) is 2.92. The van der Waals surface area contributed by atoms with Crippen LogP contribution >= 0.6 is 0 Å². The van der Waals surface area contributed by atoms with Gasteiger partial charge in [-0.15, -0.1) is 0 Å². The fourth-order valence-electron chi connectivity index (χ4n) is 4.53. The number of likely N-dealkylation sites (tertiary alicyclic amines) is 1. The van der Waals surface area contributed by atoms with Crippen molar-refractivity contribution in [3.8, 4) is 16.9 Å². The van der Waals surface area contributed by atoms with Crippen molar-refractivity contribution in [2.75, 3.05) is 26.3 Å². The van der Waals surface area contributed by atoms with Gasteiger partial charge >= 0.3 is 0 Å². The molecule has 3 aliphatic rings. The summed E-state index contributed by atoms with van der Waals surface area (Å²) in [5, 5.41) is 0. The number of ether oxygens (including phenoxy) is 3. The predicted molar refractivity (Wildman–Crippen MR) is 105 cm³/mol. The smallest absolute Gasteiger partial charge is 0.247 e. The van der Waals surface area contributed by atoms with Gasteiger partial charge in [0.15, 0.2) is 0 Å². The molecule has 0 aliphatic carbocycles. The van der Waals surface area contributed by atoms with Crippen LogP contribution in [0.1, 0.15) is 31.2 Å². The highest BCUT2D eigenvalue weighted by atomic mass is 16.7. The number of hydrogen-bond donors (Lipinski definition) is 1. The SMILES string of the molecule is O=c1ccc(-c2ccc3c(c2)COC2(CCN(C4CCOCC4)CC2)O3)c[nH]1. The van der Waals surface area contributed by atoms with Crippen LogP contribution in [0, 0.1) is 0 Å². The summed E-state index contributed by atoms with van der Waals surface area (Å²) in [6, 6.07) is 10.2. The molecule has 28 heavy (non-hydrogen) atoms. The number of aromatic amines is 1. The summed E-state index contributed by atoms with van der Waals surface area (Å²) in [4.78, 5) is 16.6. The summed E-state index contributed by atoms with van der Waals surface area (Å²) in [5.41, 5.74) is 2.99. The zero-order valence-corrected chi connectivity index (χ0v) is 16.0. The number of pyridine rings is 1. The molecular weight excluding hydrogens is 356 g/mol. The van der Waals surface area contributed by atoms with Crippen LogP contribution in [-0.4, -0.2) is 48.0 Å². The number of benzene rings is 1. The lowest BCUT2D eigenvalue weighted by Gasteiger charge is -2.46. The molecule has 2 aromatic rings. The zero-order chi connectivity index (χ0) is 19.0. The quantitative estimate of drug-likeness (QED) is 0.865. The first kappa shape index (κ1) is 17.9. The number of piperidine rings is 1. The standard InChI is InChI=1S/C22H26N2O4/c25-21-4-2-17(14-23-21)16-1-3-20-18(13-16)15-27-22(28-20)7-9-24(10-8-22)19-5-11-26-12-6-19/h1-4,13-14,19H,5-12,15H2,(H,23,25). The molecule has 0 atom stereocenters. The molecule has 0 amide bonds. The Hall–Kier alpha value is -2.15. The Labute approximate surface area is 164 Å². The van der Waals surface area contributed by atoms with Crippen molar-refractivity contribution in [1.29, 1.82) is 0 Å². The van der Waals surface area contributed by atoms with Crippen LogP contribution < -0.4 is 10.3 Å². The summed E-state index contributed by atoms with van der Waals surface area (Å²) in [6.07, 6.45) is 5.79. The summed E-state index contributed by atoms with van der Waals surface area (Å²) in [6.45, 7) is 4.34. The van der Waals surface area contributed by atoms with E-state index in [1.807, 2.05) is 18.2 Å². The van der Waals surface area contributed by atoms with Gasteiger partial charge < -0.3 is 19.2 Å². The molecule has 1 N–H and O–H groups in total. The molecule has 6 nitrogen and oxygen atoms in total. The Morgan fingerprint density at radius 3 is 2.57 bits per heavy atom. The Kier molecular flexibility index (Phi) is 4.70. The molecule has 5 rings (SSSR count). The van der Waals surface area contributed by atoms with E-state index in [-0.39, 0.29) is 5.56 Å². The highest BCUT2D eigenvalue weighted by molar-refractivity contribution is 5.64. The molecule has 4 heterocycles. The van der Waals surface area contributed by atoms with Crippen LogP contribution in [0.4, 0.5) is 0 Å². The van der Waals surface area contributed by atoms with Crippen molar-refractivity contribution in [1.82, 2.24) is 9.88 Å². The molecular formula is C22H26N2O4. The maximum atomic E-state index is 11.3. The van der Waals surface area contributed by atoms with E-state index in [1.54, 1.807) is 12.3 Å². The van der Waals surface area contributed by atoms with Gasteiger partial charge in [0, 0.05) is 63.0 Å². The van der Waals surface area contributed by atoms with E-state index in [0.29, 0.717) is 12.6 Å². The molecule has 0 saturated carbocycles. The number of nitrogens with zero attached hydrogens (tertiary/aromatic N) is 1. The van der Waals surface area contributed by atoms with Crippen molar-refractivity contribution in [3.05, 3.63) is 52.4 Å². The first-order valence-corrected chi connectivity index (χ1v) is 10.2. The number of nitrogens with one attached hydrogen (secondary N) is 1. The van der Waals surface area contributed by atoms with E-state index in [9.17, 15) is 4.79 Å². The van der Waals surface area contributed by atoms with Crippen LogP contribution in [0.5, 0.6) is 5.75 Å². The van der Waals surface area contributed by atoms with Gasteiger partial charge in [0.2, 0.25) is 11.3 Å². The zero-order valence-electron chi connectivity index (χ0n) is 16.0. The van der Waals surface area contributed by atoms with E-state index < -0.39 is 5.79 Å². The highest BCUT2D eigenvalue weighted by Crippen LogP contribution is 2.39. The summed E-state index contributed by atoms with van der Waals surface area (Å²) in [5.74, 6) is 0.424. The van der Waals surface area contributed by atoms with Gasteiger partial charge in [-0.2, -0.15) is 0 Å². The van der Waals surface area contributed by atoms with E-state index in [4.69, 9.17) is 14.2 Å². The average Bonchev–Trinajstić information content (AvgIpc) is 2.75. The Morgan fingerprint density at radius 2 is 1.82 bits per heavy atom. The third-order valence-electron chi connectivity index (χ3n) is 6.23. The number of fused-ring (bicyclic) bond motifs is 1. The number of hydrogen-bond acceptors (Lipinski definition) is 5. The second kappa shape index (κ2) is 7.35. The van der Waals surface area contributed by atoms with Gasteiger partial charge in [-0.3, -0.25) is 9.69 Å². The third-order valence-corrected chi connectivity index (χ3v) is 6.23. The molecule has 148 valence electrons. The lowest BCUT2D eigenvalue weighted by Crippen LogP contribution is -2.54. The maximum Gasteiger partial charge on any atom is 0.247 e. The molecule has 0 unspecified atom stereocenters. The molecule has 2 fully saturated rings. The van der Waals surface area contributed by atoms with Crippen molar-refractivity contribution >= 4 is 0 Å². The van der Waals surface area contributed by atoms with Crippen molar-refractivity contribution in [3.63, 3.8) is 0 Å². The minimum Gasteiger partial charge on any atom is -0.462 e. The largest absolute Gasteiger partial charge is 0.462 e. The van der Waals surface area contributed by atoms with Crippen LogP contribution in [0.3, 0.4) is 0 Å². The van der Waals surface area contributed by atoms with Crippen LogP contribution in [0.15, 0.2) is 41.3 Å². The van der Waals surface area contributed by atoms with Gasteiger partial charge in [0.25, 0.3) is 0 Å². The fourth-order valence-corrected chi connectivity index (χ4v) is 4.53. The van der Waals surface area contributed by atoms with Crippen LogP contribution in [0.2, 0.25) is 0 Å². The van der Waals surface area contributed by atoms with Gasteiger partial charge in [0.1, 0.15) is 5.75 Å². The molecule has 6 heteroatoms. The molecule has 1 aromatic heterocycles. The first-order valence-electron chi connectivity index (χ1n) is 10.2. The Bertz CT molecular complexity index is 875. The van der Waals surface area contributed by atoms with Crippen LogP contribution in [0.25, 0.3) is 11.1 Å². The van der Waals surface area contributed by atoms with Crippen molar-refractivity contribution < 1.29 is 14.2 Å². The average molecular weight is 382 g/mol. The number of H-pyrrole nitrogens is 1. The highest BCUT2D eigenvalue weighted by Gasteiger charge is 2.42. The molecule has 0 radical (unpaired) electrons. The first-order chi connectivity index (χ1) is 13.7. The maximum absolute atomic E-state index is 11.3. The topological polar surface area (TPSA) is 63.8 Å².